The number of carbonyl (C=O) groups excluding carboxylic acids is 2. The van der Waals surface area contributed by atoms with Crippen LogP contribution < -0.4 is 0 Å². The number of hydrogen-bond donors (Lipinski definition) is 0. The smallest absolute Gasteiger partial charge is 0.412 e. The van der Waals surface area contributed by atoms with Crippen LogP contribution >= 0.6 is 0 Å². The first-order valence-electron chi connectivity index (χ1n) is 7.31. The van der Waals surface area contributed by atoms with Crippen molar-refractivity contribution in [1.82, 2.24) is 4.90 Å². The van der Waals surface area contributed by atoms with Gasteiger partial charge in [0.2, 0.25) is 4.87 Å². The summed E-state index contributed by atoms with van der Waals surface area (Å²) in [5, 5.41) is 0. The van der Waals surface area contributed by atoms with E-state index in [0.717, 1.165) is 0 Å². The number of fused-ring (bicyclic) bond motifs is 1. The summed E-state index contributed by atoms with van der Waals surface area (Å²) in [4.78, 5) is 25.4. The van der Waals surface area contributed by atoms with Crippen LogP contribution in [0.5, 0.6) is 0 Å². The first-order chi connectivity index (χ1) is 10.3. The Labute approximate surface area is 132 Å². The minimum atomic E-state index is -1.58. The van der Waals surface area contributed by atoms with Gasteiger partial charge in [0.25, 0.3) is 0 Å². The lowest BCUT2D eigenvalue weighted by molar-refractivity contribution is -0.119. The Hall–Kier alpha value is -1.69. The van der Waals surface area contributed by atoms with Crippen LogP contribution in [0.15, 0.2) is 35.2 Å². The van der Waals surface area contributed by atoms with Gasteiger partial charge in [-0.15, -0.1) is 0 Å². The minimum absolute atomic E-state index is 0.134. The van der Waals surface area contributed by atoms with Crippen LogP contribution in [0.2, 0.25) is 0 Å². The third kappa shape index (κ3) is 2.17. The molecular weight excluding hydrogens is 302 g/mol. The minimum Gasteiger partial charge on any atom is -0.444 e. The van der Waals surface area contributed by atoms with E-state index in [1.165, 1.54) is 4.90 Å². The molecule has 1 heterocycles. The highest BCUT2D eigenvalue weighted by atomic mass is 32.2. The van der Waals surface area contributed by atoms with Crippen molar-refractivity contribution in [2.24, 2.45) is 0 Å². The average molecular weight is 321 g/mol. The highest BCUT2D eigenvalue weighted by Gasteiger charge is 2.77. The van der Waals surface area contributed by atoms with Gasteiger partial charge in [0.1, 0.15) is 5.60 Å². The van der Waals surface area contributed by atoms with Gasteiger partial charge < -0.3 is 4.74 Å². The van der Waals surface area contributed by atoms with Crippen LogP contribution in [0, 0.1) is 0 Å². The number of amides is 1. The molecule has 1 aliphatic carbocycles. The number of ether oxygens (including phenoxy) is 1. The summed E-state index contributed by atoms with van der Waals surface area (Å²) in [5.41, 5.74) is -0.646. The standard InChI is InChI=1S/C16H19NO4S/c1-15(2,3)21-14(19)17-12-9-10-13(18)16(12,17)22(20)11-7-5-4-6-8-11/h4-8,12H,9-10H2,1-3H3/t12-,16+,17?,22?/m1/s1. The van der Waals surface area contributed by atoms with E-state index in [1.54, 1.807) is 45.0 Å². The molecule has 3 rings (SSSR count). The maximum atomic E-state index is 12.9. The fourth-order valence-corrected chi connectivity index (χ4v) is 4.90. The zero-order chi connectivity index (χ0) is 16.1. The topological polar surface area (TPSA) is 63.5 Å². The van der Waals surface area contributed by atoms with E-state index in [4.69, 9.17) is 4.74 Å². The summed E-state index contributed by atoms with van der Waals surface area (Å²) in [6.07, 6.45) is 0.356. The van der Waals surface area contributed by atoms with E-state index in [-0.39, 0.29) is 11.8 Å². The molecule has 22 heavy (non-hydrogen) atoms. The van der Waals surface area contributed by atoms with Gasteiger partial charge in [0.05, 0.1) is 16.8 Å². The Morgan fingerprint density at radius 1 is 1.32 bits per heavy atom. The van der Waals surface area contributed by atoms with Gasteiger partial charge >= 0.3 is 6.09 Å². The fraction of sp³-hybridized carbons (Fsp3) is 0.500. The highest BCUT2D eigenvalue weighted by molar-refractivity contribution is 7.87. The van der Waals surface area contributed by atoms with Gasteiger partial charge in [-0.3, -0.25) is 13.9 Å². The molecule has 0 aromatic heterocycles. The quantitative estimate of drug-likeness (QED) is 0.785. The molecule has 118 valence electrons. The third-order valence-electron chi connectivity index (χ3n) is 3.93. The molecule has 1 aromatic rings. The van der Waals surface area contributed by atoms with Gasteiger partial charge in [0, 0.05) is 11.3 Å². The van der Waals surface area contributed by atoms with E-state index in [9.17, 15) is 13.8 Å². The Bertz CT molecular complexity index is 652. The Kier molecular flexibility index (Phi) is 3.40. The molecule has 1 unspecified atom stereocenters. The second-order valence-corrected chi connectivity index (χ2v) is 8.24. The van der Waals surface area contributed by atoms with Crippen molar-refractivity contribution in [3.05, 3.63) is 30.3 Å². The maximum Gasteiger partial charge on any atom is 0.412 e. The van der Waals surface area contributed by atoms with E-state index < -0.39 is 27.4 Å². The molecule has 2 aliphatic rings. The molecule has 2 fully saturated rings. The van der Waals surface area contributed by atoms with Crippen LogP contribution in [-0.2, 0) is 20.3 Å². The first kappa shape index (κ1) is 15.2. The van der Waals surface area contributed by atoms with Crippen LogP contribution in [-0.4, -0.2) is 37.5 Å². The molecule has 1 aromatic carbocycles. The van der Waals surface area contributed by atoms with Gasteiger partial charge in [-0.1, -0.05) is 18.2 Å². The number of carbonyl (C=O) groups is 2. The second-order valence-electron chi connectivity index (χ2n) is 6.61. The molecule has 1 saturated heterocycles. The Balaban J connectivity index is 1.91. The number of benzene rings is 1. The molecule has 5 nitrogen and oxygen atoms in total. The maximum absolute atomic E-state index is 12.9. The van der Waals surface area contributed by atoms with Crippen molar-refractivity contribution in [3.63, 3.8) is 0 Å². The monoisotopic (exact) mass is 321 g/mol. The molecule has 0 spiro atoms. The van der Waals surface area contributed by atoms with Gasteiger partial charge in [-0.2, -0.15) is 0 Å². The molecule has 0 bridgehead atoms. The number of nitrogens with zero attached hydrogens (tertiary/aromatic N) is 1. The molecule has 6 heteroatoms. The molecule has 0 radical (unpaired) electrons. The molecule has 3 atom stereocenters. The number of hydrogen-bond acceptors (Lipinski definition) is 4. The summed E-state index contributed by atoms with van der Waals surface area (Å²) >= 11 is 0. The van der Waals surface area contributed by atoms with Crippen molar-refractivity contribution in [1.29, 1.82) is 0 Å². The normalized spacial score (nSPS) is 28.2. The molecule has 1 amide bonds. The van der Waals surface area contributed by atoms with Crippen molar-refractivity contribution >= 4 is 22.7 Å². The van der Waals surface area contributed by atoms with Gasteiger partial charge in [0.15, 0.2) is 5.78 Å². The van der Waals surface area contributed by atoms with Crippen LogP contribution in [0.25, 0.3) is 0 Å². The Morgan fingerprint density at radius 2 is 1.95 bits per heavy atom. The molecular formula is C16H19NO4S. The van der Waals surface area contributed by atoms with Crippen LogP contribution in [0.4, 0.5) is 4.79 Å². The zero-order valence-electron chi connectivity index (χ0n) is 12.9. The van der Waals surface area contributed by atoms with E-state index >= 15 is 0 Å². The fourth-order valence-electron chi connectivity index (χ4n) is 3.03. The summed E-state index contributed by atoms with van der Waals surface area (Å²) in [5.74, 6) is -0.134. The summed E-state index contributed by atoms with van der Waals surface area (Å²) in [6.45, 7) is 5.31. The lowest BCUT2D eigenvalue weighted by Gasteiger charge is -2.22. The van der Waals surface area contributed by atoms with Gasteiger partial charge in [-0.05, 0) is 39.3 Å². The molecule has 0 N–H and O–H groups in total. The van der Waals surface area contributed by atoms with Crippen molar-refractivity contribution in [2.45, 2.75) is 55.0 Å². The van der Waals surface area contributed by atoms with E-state index in [1.807, 2.05) is 6.07 Å². The highest BCUT2D eigenvalue weighted by Crippen LogP contribution is 2.55. The number of ketones is 1. The Morgan fingerprint density at radius 3 is 2.55 bits per heavy atom. The van der Waals surface area contributed by atoms with Crippen LogP contribution in [0.3, 0.4) is 0 Å². The van der Waals surface area contributed by atoms with E-state index in [0.29, 0.717) is 17.7 Å². The average Bonchev–Trinajstić information content (AvgIpc) is 3.02. The first-order valence-corrected chi connectivity index (χ1v) is 8.46. The summed E-state index contributed by atoms with van der Waals surface area (Å²) in [7, 11) is -1.58. The molecule has 1 saturated carbocycles. The lowest BCUT2D eigenvalue weighted by atomic mass is 10.2. The van der Waals surface area contributed by atoms with Crippen molar-refractivity contribution in [2.75, 3.05) is 0 Å². The van der Waals surface area contributed by atoms with E-state index in [2.05, 4.69) is 0 Å². The second kappa shape index (κ2) is 4.91. The third-order valence-corrected chi connectivity index (χ3v) is 5.89. The number of piperidine rings is 1. The van der Waals surface area contributed by atoms with Crippen molar-refractivity contribution in [3.8, 4) is 0 Å². The summed E-state index contributed by atoms with van der Waals surface area (Å²) in [6, 6.07) is 8.51. The summed E-state index contributed by atoms with van der Waals surface area (Å²) < 4.78 is 18.3. The SMILES string of the molecule is CC(C)(C)OC(=O)N1[C@@H]2CCC(=O)[C@@]21S(=O)c1ccccc1. The largest absolute Gasteiger partial charge is 0.444 e. The lowest BCUT2D eigenvalue weighted by Crippen LogP contribution is -2.38. The number of rotatable bonds is 2. The zero-order valence-corrected chi connectivity index (χ0v) is 13.7. The van der Waals surface area contributed by atoms with Crippen LogP contribution in [0.1, 0.15) is 33.6 Å². The molecule has 1 aliphatic heterocycles. The number of Topliss-reactive ketones (excluding diaryl/α,β-unsaturated/α-hetero) is 1. The predicted octanol–water partition coefficient (Wildman–Crippen LogP) is 2.47. The van der Waals surface area contributed by atoms with Crippen molar-refractivity contribution < 1.29 is 18.5 Å². The van der Waals surface area contributed by atoms with Gasteiger partial charge in [-0.25, -0.2) is 4.79 Å². The number of likely N-dealkylation sites (tertiary alicyclic amines) is 1. The predicted molar refractivity (Wildman–Crippen MR) is 81.7 cm³/mol.